The Kier molecular flexibility index (Phi) is 3.71. The zero-order valence-corrected chi connectivity index (χ0v) is 9.66. The number of benzene rings is 1. The van der Waals surface area contributed by atoms with Crippen LogP contribution in [0, 0.1) is 5.82 Å². The van der Waals surface area contributed by atoms with Crippen LogP contribution in [0.15, 0.2) is 24.3 Å². The molecule has 1 aromatic carbocycles. The van der Waals surface area contributed by atoms with E-state index in [9.17, 15) is 9.18 Å². The largest absolute Gasteiger partial charge is 0.339 e. The first-order valence-corrected chi connectivity index (χ1v) is 5.68. The van der Waals surface area contributed by atoms with Crippen molar-refractivity contribution < 1.29 is 9.18 Å². The van der Waals surface area contributed by atoms with E-state index in [0.29, 0.717) is 6.04 Å². The molecule has 0 spiro atoms. The highest BCUT2D eigenvalue weighted by Gasteiger charge is 2.21. The summed E-state index contributed by atoms with van der Waals surface area (Å²) in [6.07, 6.45) is 1.10. The number of amides is 1. The topological polar surface area (TPSA) is 53.2 Å². The third-order valence-corrected chi connectivity index (χ3v) is 2.71. The molecule has 1 amide bonds. The zero-order chi connectivity index (χ0) is 12.3. The van der Waals surface area contributed by atoms with Gasteiger partial charge in [0.15, 0.2) is 0 Å². The average Bonchev–Trinajstić information content (AvgIpc) is 2.67. The van der Waals surface area contributed by atoms with Crippen LogP contribution in [0.5, 0.6) is 0 Å². The van der Waals surface area contributed by atoms with Crippen LogP contribution >= 0.6 is 0 Å². The number of hydrogen-bond donors (Lipinski definition) is 3. The fourth-order valence-corrected chi connectivity index (χ4v) is 1.84. The number of nitrogens with one attached hydrogen (secondary N) is 3. The second kappa shape index (κ2) is 5.25. The van der Waals surface area contributed by atoms with Gasteiger partial charge in [0, 0.05) is 6.04 Å². The van der Waals surface area contributed by atoms with E-state index in [1.54, 1.807) is 12.1 Å². The van der Waals surface area contributed by atoms with Crippen LogP contribution in [0.1, 0.15) is 18.9 Å². The van der Waals surface area contributed by atoms with Crippen molar-refractivity contribution in [2.75, 3.05) is 0 Å². The molecule has 1 aliphatic rings. The Balaban J connectivity index is 1.83. The van der Waals surface area contributed by atoms with Crippen molar-refractivity contribution in [1.82, 2.24) is 16.2 Å². The Morgan fingerprint density at radius 3 is 2.71 bits per heavy atom. The first kappa shape index (κ1) is 12.0. The standard InChI is InChI=1S/C12H16FN3O/c1-8-6-11(16-15-8)14-12(17)7-9-2-4-10(13)5-3-9/h2-5,8,11,15-16H,6-7H2,1H3,(H,14,17). The molecule has 92 valence electrons. The normalized spacial score (nSPS) is 23.6. The average molecular weight is 237 g/mol. The maximum Gasteiger partial charge on any atom is 0.225 e. The highest BCUT2D eigenvalue weighted by Crippen LogP contribution is 2.05. The molecule has 1 heterocycles. The maximum absolute atomic E-state index is 12.7. The van der Waals surface area contributed by atoms with Crippen molar-refractivity contribution >= 4 is 5.91 Å². The van der Waals surface area contributed by atoms with Crippen molar-refractivity contribution in [1.29, 1.82) is 0 Å². The van der Waals surface area contributed by atoms with Gasteiger partial charge in [-0.05, 0) is 31.0 Å². The molecular formula is C12H16FN3O. The van der Waals surface area contributed by atoms with E-state index in [-0.39, 0.29) is 24.3 Å². The number of hydrazine groups is 1. The minimum Gasteiger partial charge on any atom is -0.339 e. The summed E-state index contributed by atoms with van der Waals surface area (Å²) in [4.78, 5) is 11.7. The lowest BCUT2D eigenvalue weighted by atomic mass is 10.1. The molecule has 17 heavy (non-hydrogen) atoms. The number of halogens is 1. The summed E-state index contributed by atoms with van der Waals surface area (Å²) in [5, 5.41) is 2.87. The first-order chi connectivity index (χ1) is 8.13. The van der Waals surface area contributed by atoms with Gasteiger partial charge in [0.25, 0.3) is 0 Å². The molecule has 1 fully saturated rings. The Hall–Kier alpha value is -1.46. The fraction of sp³-hybridized carbons (Fsp3) is 0.417. The van der Waals surface area contributed by atoms with Crippen molar-refractivity contribution in [2.45, 2.75) is 32.0 Å². The number of carbonyl (C=O) groups excluding carboxylic acids is 1. The predicted molar refractivity (Wildman–Crippen MR) is 62.4 cm³/mol. The lowest BCUT2D eigenvalue weighted by molar-refractivity contribution is -0.121. The van der Waals surface area contributed by atoms with Gasteiger partial charge in [0.1, 0.15) is 5.82 Å². The minimum absolute atomic E-state index is 0.0297. The van der Waals surface area contributed by atoms with Crippen LogP contribution in [0.25, 0.3) is 0 Å². The maximum atomic E-state index is 12.7. The zero-order valence-electron chi connectivity index (χ0n) is 9.66. The summed E-state index contributed by atoms with van der Waals surface area (Å²) >= 11 is 0. The van der Waals surface area contributed by atoms with Crippen LogP contribution in [0.2, 0.25) is 0 Å². The molecule has 0 saturated carbocycles. The minimum atomic E-state index is -0.287. The monoisotopic (exact) mass is 237 g/mol. The second-order valence-corrected chi connectivity index (χ2v) is 4.35. The fourth-order valence-electron chi connectivity index (χ4n) is 1.84. The van der Waals surface area contributed by atoms with Gasteiger partial charge in [-0.1, -0.05) is 12.1 Å². The predicted octanol–water partition coefficient (Wildman–Crippen LogP) is 0.697. The van der Waals surface area contributed by atoms with Crippen molar-refractivity contribution in [3.05, 3.63) is 35.6 Å². The highest BCUT2D eigenvalue weighted by atomic mass is 19.1. The SMILES string of the molecule is CC1CC(NC(=O)Cc2ccc(F)cc2)NN1. The molecule has 2 rings (SSSR count). The molecule has 5 heteroatoms. The van der Waals surface area contributed by atoms with Crippen molar-refractivity contribution in [3.8, 4) is 0 Å². The lowest BCUT2D eigenvalue weighted by Gasteiger charge is -2.11. The molecule has 0 bridgehead atoms. The van der Waals surface area contributed by atoms with Crippen molar-refractivity contribution in [2.24, 2.45) is 0 Å². The Bertz CT molecular complexity index is 393. The highest BCUT2D eigenvalue weighted by molar-refractivity contribution is 5.78. The van der Waals surface area contributed by atoms with Crippen LogP contribution < -0.4 is 16.2 Å². The second-order valence-electron chi connectivity index (χ2n) is 4.35. The molecule has 0 aromatic heterocycles. The van der Waals surface area contributed by atoms with Gasteiger partial charge in [0.05, 0.1) is 12.6 Å². The number of rotatable bonds is 3. The third kappa shape index (κ3) is 3.51. The quantitative estimate of drug-likeness (QED) is 0.725. The van der Waals surface area contributed by atoms with Gasteiger partial charge in [-0.2, -0.15) is 0 Å². The molecule has 0 radical (unpaired) electrons. The van der Waals surface area contributed by atoms with E-state index in [1.165, 1.54) is 12.1 Å². The van der Waals surface area contributed by atoms with Crippen LogP contribution in [0.4, 0.5) is 4.39 Å². The van der Waals surface area contributed by atoms with Gasteiger partial charge in [-0.15, -0.1) is 0 Å². The smallest absolute Gasteiger partial charge is 0.225 e. The molecule has 1 aromatic rings. The molecule has 1 saturated heterocycles. The van der Waals surface area contributed by atoms with E-state index >= 15 is 0 Å². The van der Waals surface area contributed by atoms with Gasteiger partial charge in [-0.25, -0.2) is 9.82 Å². The summed E-state index contributed by atoms with van der Waals surface area (Å²) in [6, 6.07) is 6.32. The summed E-state index contributed by atoms with van der Waals surface area (Å²) < 4.78 is 12.7. The summed E-state index contributed by atoms with van der Waals surface area (Å²) in [5.41, 5.74) is 6.83. The molecule has 2 atom stereocenters. The Labute approximate surface area is 99.6 Å². The lowest BCUT2D eigenvalue weighted by Crippen LogP contribution is -2.44. The van der Waals surface area contributed by atoms with E-state index in [4.69, 9.17) is 0 Å². The van der Waals surface area contributed by atoms with Crippen LogP contribution in [-0.2, 0) is 11.2 Å². The number of carbonyl (C=O) groups is 1. The van der Waals surface area contributed by atoms with E-state index < -0.39 is 0 Å². The van der Waals surface area contributed by atoms with Crippen molar-refractivity contribution in [3.63, 3.8) is 0 Å². The Morgan fingerprint density at radius 2 is 2.12 bits per heavy atom. The molecule has 3 N–H and O–H groups in total. The van der Waals surface area contributed by atoms with Gasteiger partial charge < -0.3 is 5.32 Å². The molecular weight excluding hydrogens is 221 g/mol. The molecule has 1 aliphatic heterocycles. The summed E-state index contributed by atoms with van der Waals surface area (Å²) in [6.45, 7) is 2.04. The van der Waals surface area contributed by atoms with Gasteiger partial charge in [-0.3, -0.25) is 10.2 Å². The Morgan fingerprint density at radius 1 is 1.41 bits per heavy atom. The van der Waals surface area contributed by atoms with E-state index in [0.717, 1.165) is 12.0 Å². The van der Waals surface area contributed by atoms with Gasteiger partial charge >= 0.3 is 0 Å². The number of hydrogen-bond acceptors (Lipinski definition) is 3. The van der Waals surface area contributed by atoms with E-state index in [2.05, 4.69) is 16.2 Å². The third-order valence-electron chi connectivity index (χ3n) is 2.71. The molecule has 4 nitrogen and oxygen atoms in total. The molecule has 2 unspecified atom stereocenters. The summed E-state index contributed by atoms with van der Waals surface area (Å²) in [5.74, 6) is -0.352. The molecule has 0 aliphatic carbocycles. The van der Waals surface area contributed by atoms with Crippen LogP contribution in [0.3, 0.4) is 0 Å². The summed E-state index contributed by atoms with van der Waals surface area (Å²) in [7, 11) is 0. The van der Waals surface area contributed by atoms with Crippen LogP contribution in [-0.4, -0.2) is 18.1 Å². The van der Waals surface area contributed by atoms with Gasteiger partial charge in [0.2, 0.25) is 5.91 Å². The first-order valence-electron chi connectivity index (χ1n) is 5.68. The van der Waals surface area contributed by atoms with E-state index in [1.807, 2.05) is 6.92 Å².